The van der Waals surface area contributed by atoms with Crippen LogP contribution >= 0.6 is 0 Å². The molecular formula is C12H25N3O. The lowest BCUT2D eigenvalue weighted by Crippen LogP contribution is -2.62. The number of piperazine rings is 1. The highest BCUT2D eigenvalue weighted by Crippen LogP contribution is 2.15. The molecule has 2 aliphatic heterocycles. The molecule has 2 fully saturated rings. The summed E-state index contributed by atoms with van der Waals surface area (Å²) in [6.45, 7) is 12.4. The van der Waals surface area contributed by atoms with Crippen LogP contribution in [0.25, 0.3) is 0 Å². The summed E-state index contributed by atoms with van der Waals surface area (Å²) in [6, 6.07) is 0.828. The summed E-state index contributed by atoms with van der Waals surface area (Å²) >= 11 is 0. The zero-order valence-corrected chi connectivity index (χ0v) is 10.5. The van der Waals surface area contributed by atoms with Crippen LogP contribution < -0.4 is 5.32 Å². The summed E-state index contributed by atoms with van der Waals surface area (Å²) in [7, 11) is 0. The van der Waals surface area contributed by atoms with Crippen LogP contribution in [0.3, 0.4) is 0 Å². The average Bonchev–Trinajstić information content (AvgIpc) is 2.28. The molecule has 0 aromatic heterocycles. The van der Waals surface area contributed by atoms with Gasteiger partial charge in [0.25, 0.3) is 0 Å². The van der Waals surface area contributed by atoms with Gasteiger partial charge in [0.05, 0.1) is 0 Å². The Morgan fingerprint density at radius 3 is 2.69 bits per heavy atom. The molecule has 2 rings (SSSR count). The standard InChI is InChI=1S/C12H25N3O/c1-2-16-9-3-6-14-10-12(11-14)15-7-4-13-5-8-15/h12-13H,2-11H2,1H3. The van der Waals surface area contributed by atoms with Crippen molar-refractivity contribution in [3.63, 3.8) is 0 Å². The van der Waals surface area contributed by atoms with Crippen molar-refractivity contribution in [1.82, 2.24) is 15.1 Å². The minimum absolute atomic E-state index is 0.828. The van der Waals surface area contributed by atoms with Crippen LogP contribution in [0, 0.1) is 0 Å². The minimum atomic E-state index is 0.828. The first-order valence-electron chi connectivity index (χ1n) is 6.65. The Labute approximate surface area is 98.9 Å². The zero-order chi connectivity index (χ0) is 11.2. The quantitative estimate of drug-likeness (QED) is 0.647. The fraction of sp³-hybridized carbons (Fsp3) is 1.00. The predicted molar refractivity (Wildman–Crippen MR) is 65.8 cm³/mol. The first-order chi connectivity index (χ1) is 7.90. The van der Waals surface area contributed by atoms with Crippen molar-refractivity contribution in [2.75, 3.05) is 59.0 Å². The number of nitrogens with one attached hydrogen (secondary N) is 1. The molecule has 4 heteroatoms. The Kier molecular flexibility index (Phi) is 5.03. The SMILES string of the molecule is CCOCCCN1CC(N2CCNCC2)C1. The number of nitrogens with zero attached hydrogens (tertiary/aromatic N) is 2. The molecular weight excluding hydrogens is 202 g/mol. The summed E-state index contributed by atoms with van der Waals surface area (Å²) < 4.78 is 5.35. The van der Waals surface area contributed by atoms with Crippen LogP contribution in [0.4, 0.5) is 0 Å². The van der Waals surface area contributed by atoms with Gasteiger partial charge in [-0.15, -0.1) is 0 Å². The van der Waals surface area contributed by atoms with E-state index in [9.17, 15) is 0 Å². The van der Waals surface area contributed by atoms with Crippen molar-refractivity contribution in [1.29, 1.82) is 0 Å². The highest BCUT2D eigenvalue weighted by molar-refractivity contribution is 4.89. The third-order valence-corrected chi connectivity index (χ3v) is 3.57. The Bertz CT molecular complexity index is 189. The third kappa shape index (κ3) is 3.42. The van der Waals surface area contributed by atoms with Crippen LogP contribution in [-0.4, -0.2) is 74.9 Å². The second kappa shape index (κ2) is 6.55. The van der Waals surface area contributed by atoms with E-state index >= 15 is 0 Å². The Morgan fingerprint density at radius 1 is 1.25 bits per heavy atom. The van der Waals surface area contributed by atoms with E-state index in [0.717, 1.165) is 19.3 Å². The molecule has 0 aromatic rings. The average molecular weight is 227 g/mol. The van der Waals surface area contributed by atoms with Crippen molar-refractivity contribution in [3.05, 3.63) is 0 Å². The predicted octanol–water partition coefficient (Wildman–Crippen LogP) is 0.00240. The second-order valence-corrected chi connectivity index (χ2v) is 4.75. The zero-order valence-electron chi connectivity index (χ0n) is 10.5. The summed E-state index contributed by atoms with van der Waals surface area (Å²) in [5, 5.41) is 3.41. The Balaban J connectivity index is 1.51. The van der Waals surface area contributed by atoms with E-state index in [4.69, 9.17) is 4.74 Å². The maximum absolute atomic E-state index is 5.35. The second-order valence-electron chi connectivity index (χ2n) is 4.75. The van der Waals surface area contributed by atoms with Gasteiger partial charge in [0.1, 0.15) is 0 Å². The van der Waals surface area contributed by atoms with Crippen LogP contribution in [-0.2, 0) is 4.74 Å². The molecule has 0 spiro atoms. The highest BCUT2D eigenvalue weighted by atomic mass is 16.5. The van der Waals surface area contributed by atoms with Crippen LogP contribution in [0.2, 0.25) is 0 Å². The van der Waals surface area contributed by atoms with Gasteiger partial charge in [0, 0.05) is 65.1 Å². The van der Waals surface area contributed by atoms with Crippen molar-refractivity contribution < 1.29 is 4.74 Å². The molecule has 1 N–H and O–H groups in total. The van der Waals surface area contributed by atoms with Gasteiger partial charge >= 0.3 is 0 Å². The maximum atomic E-state index is 5.35. The van der Waals surface area contributed by atoms with Crippen molar-refractivity contribution in [3.8, 4) is 0 Å². The van der Waals surface area contributed by atoms with E-state index < -0.39 is 0 Å². The lowest BCUT2D eigenvalue weighted by molar-refractivity contribution is 0.0210. The van der Waals surface area contributed by atoms with Crippen LogP contribution in [0.1, 0.15) is 13.3 Å². The largest absolute Gasteiger partial charge is 0.382 e. The van der Waals surface area contributed by atoms with Crippen LogP contribution in [0.15, 0.2) is 0 Å². The summed E-state index contributed by atoms with van der Waals surface area (Å²) in [6.07, 6.45) is 1.18. The Morgan fingerprint density at radius 2 is 2.00 bits per heavy atom. The molecule has 0 unspecified atom stereocenters. The topological polar surface area (TPSA) is 27.7 Å². The van der Waals surface area contributed by atoms with E-state index in [1.165, 1.54) is 52.2 Å². The summed E-state index contributed by atoms with van der Waals surface area (Å²) in [5.41, 5.74) is 0. The molecule has 0 amide bonds. The van der Waals surface area contributed by atoms with E-state index in [2.05, 4.69) is 22.0 Å². The third-order valence-electron chi connectivity index (χ3n) is 3.57. The lowest BCUT2D eigenvalue weighted by Gasteiger charge is -2.46. The molecule has 2 heterocycles. The van der Waals surface area contributed by atoms with Crippen molar-refractivity contribution in [2.45, 2.75) is 19.4 Å². The minimum Gasteiger partial charge on any atom is -0.382 e. The number of rotatable bonds is 6. The summed E-state index contributed by atoms with van der Waals surface area (Å²) in [4.78, 5) is 5.18. The number of hydrogen-bond acceptors (Lipinski definition) is 4. The molecule has 0 aromatic carbocycles. The smallest absolute Gasteiger partial charge is 0.0478 e. The van der Waals surface area contributed by atoms with E-state index in [0.29, 0.717) is 0 Å². The Hall–Kier alpha value is -0.160. The highest BCUT2D eigenvalue weighted by Gasteiger charge is 2.31. The fourth-order valence-electron chi connectivity index (χ4n) is 2.54. The molecule has 4 nitrogen and oxygen atoms in total. The van der Waals surface area contributed by atoms with Crippen molar-refractivity contribution in [2.24, 2.45) is 0 Å². The molecule has 0 aliphatic carbocycles. The first-order valence-corrected chi connectivity index (χ1v) is 6.65. The maximum Gasteiger partial charge on any atom is 0.0478 e. The van der Waals surface area contributed by atoms with Crippen molar-refractivity contribution >= 4 is 0 Å². The lowest BCUT2D eigenvalue weighted by atomic mass is 10.1. The normalized spacial score (nSPS) is 24.6. The van der Waals surface area contributed by atoms with Gasteiger partial charge in [0.15, 0.2) is 0 Å². The molecule has 94 valence electrons. The number of ether oxygens (including phenoxy) is 1. The monoisotopic (exact) mass is 227 g/mol. The van der Waals surface area contributed by atoms with Gasteiger partial charge in [-0.1, -0.05) is 0 Å². The summed E-state index contributed by atoms with van der Waals surface area (Å²) in [5.74, 6) is 0. The van der Waals surface area contributed by atoms with E-state index in [-0.39, 0.29) is 0 Å². The number of likely N-dealkylation sites (tertiary alicyclic amines) is 1. The van der Waals surface area contributed by atoms with E-state index in [1.54, 1.807) is 0 Å². The fourth-order valence-corrected chi connectivity index (χ4v) is 2.54. The molecule has 2 saturated heterocycles. The van der Waals surface area contributed by atoms with Gasteiger partial charge in [-0.3, -0.25) is 4.90 Å². The molecule has 0 atom stereocenters. The van der Waals surface area contributed by atoms with Gasteiger partial charge in [-0.2, -0.15) is 0 Å². The molecule has 2 aliphatic rings. The van der Waals surface area contributed by atoms with E-state index in [1.807, 2.05) is 0 Å². The molecule has 0 saturated carbocycles. The van der Waals surface area contributed by atoms with Gasteiger partial charge in [0.2, 0.25) is 0 Å². The molecule has 0 radical (unpaired) electrons. The van der Waals surface area contributed by atoms with Gasteiger partial charge < -0.3 is 15.0 Å². The first kappa shape index (κ1) is 12.3. The number of hydrogen-bond donors (Lipinski definition) is 1. The van der Waals surface area contributed by atoms with Gasteiger partial charge in [-0.25, -0.2) is 0 Å². The molecule has 0 bridgehead atoms. The van der Waals surface area contributed by atoms with Gasteiger partial charge in [-0.05, 0) is 13.3 Å². The molecule has 16 heavy (non-hydrogen) atoms. The van der Waals surface area contributed by atoms with Crippen LogP contribution in [0.5, 0.6) is 0 Å².